The van der Waals surface area contributed by atoms with Crippen LogP contribution in [0.25, 0.3) is 17.0 Å². The number of para-hydroxylation sites is 1. The van der Waals surface area contributed by atoms with Crippen LogP contribution in [0.2, 0.25) is 10.0 Å². The quantitative estimate of drug-likeness (QED) is 0.472. The third-order valence-corrected chi connectivity index (χ3v) is 6.15. The highest BCUT2D eigenvalue weighted by Crippen LogP contribution is 2.34. The molecule has 142 valence electrons. The van der Waals surface area contributed by atoms with Crippen LogP contribution in [0, 0.1) is 0 Å². The van der Waals surface area contributed by atoms with E-state index in [-0.39, 0.29) is 11.1 Å². The first-order chi connectivity index (χ1) is 13.5. The monoisotopic (exact) mass is 430 g/mol. The Kier molecular flexibility index (Phi) is 5.23. The predicted molar refractivity (Wildman–Crippen MR) is 116 cm³/mol. The van der Waals surface area contributed by atoms with Gasteiger partial charge in [0.05, 0.1) is 4.91 Å². The van der Waals surface area contributed by atoms with Crippen LogP contribution < -0.4 is 0 Å². The predicted octanol–water partition coefficient (Wildman–Crippen LogP) is 6.05. The Hall–Kier alpha value is -2.21. The number of aromatic nitrogens is 1. The van der Waals surface area contributed by atoms with Crippen molar-refractivity contribution in [1.82, 2.24) is 9.47 Å². The van der Waals surface area contributed by atoms with Crippen molar-refractivity contribution >= 4 is 63.1 Å². The van der Waals surface area contributed by atoms with Gasteiger partial charge in [-0.2, -0.15) is 0 Å². The van der Waals surface area contributed by atoms with E-state index >= 15 is 0 Å². The average molecular weight is 431 g/mol. The Balaban J connectivity index is 1.76. The summed E-state index contributed by atoms with van der Waals surface area (Å²) >= 11 is 13.3. The number of hydrogen-bond acceptors (Lipinski definition) is 3. The molecule has 2 aromatic carbocycles. The maximum atomic E-state index is 12.4. The molecule has 0 N–H and O–H groups in total. The van der Waals surface area contributed by atoms with Crippen molar-refractivity contribution in [2.45, 2.75) is 13.5 Å². The van der Waals surface area contributed by atoms with Crippen molar-refractivity contribution in [3.05, 3.63) is 74.7 Å². The lowest BCUT2D eigenvalue weighted by Crippen LogP contribution is -2.27. The molecule has 7 heteroatoms. The first-order valence-electron chi connectivity index (χ1n) is 8.75. The van der Waals surface area contributed by atoms with E-state index in [4.69, 9.17) is 23.2 Å². The molecule has 0 spiro atoms. The summed E-state index contributed by atoms with van der Waals surface area (Å²) in [6, 6.07) is 13.4. The Labute approximate surface area is 176 Å². The summed E-state index contributed by atoms with van der Waals surface area (Å²) in [5.74, 6) is -0.241. The summed E-state index contributed by atoms with van der Waals surface area (Å²) in [6.45, 7) is 2.74. The molecule has 1 aliphatic rings. The average Bonchev–Trinajstić information content (AvgIpc) is 3.15. The zero-order chi connectivity index (χ0) is 19.8. The van der Waals surface area contributed by atoms with Gasteiger partial charge in [0.2, 0.25) is 0 Å². The van der Waals surface area contributed by atoms with Crippen LogP contribution in [-0.2, 0) is 11.3 Å². The van der Waals surface area contributed by atoms with Gasteiger partial charge in [-0.25, -0.2) is 0 Å². The van der Waals surface area contributed by atoms with E-state index in [0.717, 1.165) is 33.8 Å². The maximum Gasteiger partial charge on any atom is 0.293 e. The number of imide groups is 1. The molecule has 0 atom stereocenters. The smallest absolute Gasteiger partial charge is 0.293 e. The van der Waals surface area contributed by atoms with Gasteiger partial charge < -0.3 is 4.57 Å². The van der Waals surface area contributed by atoms with E-state index < -0.39 is 0 Å². The van der Waals surface area contributed by atoms with Gasteiger partial charge >= 0.3 is 0 Å². The first kappa shape index (κ1) is 19.1. The summed E-state index contributed by atoms with van der Waals surface area (Å²) in [5, 5.41) is 1.99. The molecular formula is C21H16Cl2N2O2S. The number of nitrogens with zero attached hydrogens (tertiary/aromatic N) is 2. The minimum Gasteiger partial charge on any atom is -0.342 e. The molecule has 28 heavy (non-hydrogen) atoms. The number of benzene rings is 2. The summed E-state index contributed by atoms with van der Waals surface area (Å²) in [5.41, 5.74) is 2.86. The highest BCUT2D eigenvalue weighted by atomic mass is 35.5. The summed E-state index contributed by atoms with van der Waals surface area (Å²) in [7, 11) is 0. The minimum absolute atomic E-state index is 0.226. The first-order valence-corrected chi connectivity index (χ1v) is 10.3. The molecule has 1 fully saturated rings. The second-order valence-corrected chi connectivity index (χ2v) is 8.23. The van der Waals surface area contributed by atoms with E-state index in [1.54, 1.807) is 19.1 Å². The summed E-state index contributed by atoms with van der Waals surface area (Å²) < 4.78 is 2.08. The Morgan fingerprint density at radius 3 is 2.61 bits per heavy atom. The normalized spacial score (nSPS) is 16.0. The second-order valence-electron chi connectivity index (χ2n) is 6.39. The molecule has 4 rings (SSSR count). The van der Waals surface area contributed by atoms with Crippen molar-refractivity contribution in [2.24, 2.45) is 0 Å². The van der Waals surface area contributed by atoms with E-state index in [9.17, 15) is 9.59 Å². The van der Waals surface area contributed by atoms with E-state index in [1.165, 1.54) is 4.90 Å². The zero-order valence-corrected chi connectivity index (χ0v) is 17.3. The molecule has 0 unspecified atom stereocenters. The highest BCUT2D eigenvalue weighted by Gasteiger charge is 2.33. The maximum absolute atomic E-state index is 12.4. The van der Waals surface area contributed by atoms with Crippen molar-refractivity contribution in [2.75, 3.05) is 6.54 Å². The third kappa shape index (κ3) is 3.46. The summed E-state index contributed by atoms with van der Waals surface area (Å²) in [6.07, 6.45) is 3.78. The molecule has 1 saturated heterocycles. The van der Waals surface area contributed by atoms with Gasteiger partial charge in [-0.15, -0.1) is 0 Å². The van der Waals surface area contributed by atoms with Crippen molar-refractivity contribution in [3.8, 4) is 0 Å². The molecule has 0 radical (unpaired) electrons. The van der Waals surface area contributed by atoms with Gasteiger partial charge in [-0.1, -0.05) is 47.5 Å². The number of hydrogen-bond donors (Lipinski definition) is 0. The third-order valence-electron chi connectivity index (χ3n) is 4.65. The lowest BCUT2D eigenvalue weighted by molar-refractivity contribution is -0.122. The van der Waals surface area contributed by atoms with Gasteiger partial charge in [-0.3, -0.25) is 14.5 Å². The molecule has 1 aromatic heterocycles. The van der Waals surface area contributed by atoms with Crippen LogP contribution in [-0.4, -0.2) is 27.2 Å². The van der Waals surface area contributed by atoms with Crippen molar-refractivity contribution in [3.63, 3.8) is 0 Å². The van der Waals surface area contributed by atoms with Crippen molar-refractivity contribution < 1.29 is 9.59 Å². The number of likely N-dealkylation sites (N-methyl/N-ethyl adjacent to an activating group) is 1. The van der Waals surface area contributed by atoms with E-state index in [2.05, 4.69) is 4.57 Å². The lowest BCUT2D eigenvalue weighted by atomic mass is 10.1. The number of carbonyl (C=O) groups excluding carboxylic acids is 2. The van der Waals surface area contributed by atoms with Crippen LogP contribution in [0.1, 0.15) is 18.1 Å². The zero-order valence-electron chi connectivity index (χ0n) is 15.0. The molecule has 3 aromatic rings. The van der Waals surface area contributed by atoms with Gasteiger partial charge in [0.25, 0.3) is 11.1 Å². The standard InChI is InChI=1S/C21H16Cl2N2O2S/c1-2-25-20(26)19(28-21(25)27)9-14-12-24(18-6-4-3-5-16(14)18)11-13-7-8-15(22)10-17(13)23/h3-10,12H,2,11H2,1H3. The van der Waals surface area contributed by atoms with Gasteiger partial charge in [0.1, 0.15) is 0 Å². The molecule has 2 heterocycles. The molecule has 2 amide bonds. The molecule has 0 bridgehead atoms. The number of halogens is 2. The Morgan fingerprint density at radius 2 is 1.89 bits per heavy atom. The molecular weight excluding hydrogens is 415 g/mol. The summed E-state index contributed by atoms with van der Waals surface area (Å²) in [4.78, 5) is 26.1. The van der Waals surface area contributed by atoms with Crippen LogP contribution in [0.4, 0.5) is 4.79 Å². The van der Waals surface area contributed by atoms with E-state index in [1.807, 2.05) is 42.6 Å². The second kappa shape index (κ2) is 7.66. The number of amides is 2. The lowest BCUT2D eigenvalue weighted by Gasteiger charge is -2.08. The molecule has 1 aliphatic heterocycles. The fourth-order valence-electron chi connectivity index (χ4n) is 3.27. The number of rotatable bonds is 4. The van der Waals surface area contributed by atoms with Crippen LogP contribution in [0.3, 0.4) is 0 Å². The molecule has 0 aliphatic carbocycles. The van der Waals surface area contributed by atoms with Crippen LogP contribution in [0.15, 0.2) is 53.6 Å². The van der Waals surface area contributed by atoms with Crippen LogP contribution >= 0.6 is 35.0 Å². The minimum atomic E-state index is -0.241. The fraction of sp³-hybridized carbons (Fsp3) is 0.143. The van der Waals surface area contributed by atoms with Crippen LogP contribution in [0.5, 0.6) is 0 Å². The Bertz CT molecular complexity index is 1140. The molecule has 4 nitrogen and oxygen atoms in total. The van der Waals surface area contributed by atoms with Gasteiger partial charge in [-0.05, 0) is 48.5 Å². The fourth-order valence-corrected chi connectivity index (χ4v) is 4.63. The number of thioether (sulfide) groups is 1. The molecule has 0 saturated carbocycles. The Morgan fingerprint density at radius 1 is 1.11 bits per heavy atom. The highest BCUT2D eigenvalue weighted by molar-refractivity contribution is 8.18. The largest absolute Gasteiger partial charge is 0.342 e. The van der Waals surface area contributed by atoms with Gasteiger partial charge in [0.15, 0.2) is 0 Å². The SMILES string of the molecule is CCN1C(=O)SC(=Cc2cn(Cc3ccc(Cl)cc3Cl)c3ccccc23)C1=O. The number of carbonyl (C=O) groups is 2. The number of fused-ring (bicyclic) bond motifs is 1. The van der Waals surface area contributed by atoms with E-state index in [0.29, 0.717) is 28.0 Å². The van der Waals surface area contributed by atoms with Crippen molar-refractivity contribution in [1.29, 1.82) is 0 Å². The topological polar surface area (TPSA) is 42.3 Å². The van der Waals surface area contributed by atoms with Gasteiger partial charge in [0, 0.05) is 45.8 Å².